The summed E-state index contributed by atoms with van der Waals surface area (Å²) < 4.78 is 7.20. The molecule has 20 heavy (non-hydrogen) atoms. The minimum Gasteiger partial charge on any atom is -0.497 e. The highest BCUT2D eigenvalue weighted by Gasteiger charge is 2.11. The molecule has 2 rings (SSSR count). The molecule has 108 valence electrons. The van der Waals surface area contributed by atoms with Gasteiger partial charge in [-0.15, -0.1) is 0 Å². The Morgan fingerprint density at radius 1 is 1.35 bits per heavy atom. The van der Waals surface area contributed by atoms with Gasteiger partial charge in [-0.25, -0.2) is 0 Å². The Balaban J connectivity index is 2.06. The van der Waals surface area contributed by atoms with E-state index in [1.807, 2.05) is 23.9 Å². The van der Waals surface area contributed by atoms with Gasteiger partial charge in [-0.3, -0.25) is 4.68 Å². The Morgan fingerprint density at radius 3 is 2.70 bits per heavy atom. The van der Waals surface area contributed by atoms with Gasteiger partial charge in [0, 0.05) is 30.9 Å². The number of hydrogen-bond acceptors (Lipinski definition) is 3. The standard InChI is InChI=1S/C16H23N3O/c1-11(14-7-6-8-15(9-14)20-5)17-10-16-12(2)18-19(4)13(16)3/h6-9,11,17H,10H2,1-5H3/t11-/m0/s1. The van der Waals surface area contributed by atoms with Crippen LogP contribution in [0, 0.1) is 13.8 Å². The van der Waals surface area contributed by atoms with Gasteiger partial charge in [0.05, 0.1) is 12.8 Å². The van der Waals surface area contributed by atoms with Gasteiger partial charge in [0.2, 0.25) is 0 Å². The van der Waals surface area contributed by atoms with Gasteiger partial charge in [0.25, 0.3) is 0 Å². The predicted octanol–water partition coefficient (Wildman–Crippen LogP) is 2.90. The van der Waals surface area contributed by atoms with Crippen LogP contribution in [0.1, 0.15) is 35.5 Å². The molecule has 0 radical (unpaired) electrons. The van der Waals surface area contributed by atoms with Crippen molar-refractivity contribution < 1.29 is 4.74 Å². The predicted molar refractivity (Wildman–Crippen MR) is 80.9 cm³/mol. The zero-order valence-electron chi connectivity index (χ0n) is 12.9. The van der Waals surface area contributed by atoms with Gasteiger partial charge in [-0.05, 0) is 38.5 Å². The highest BCUT2D eigenvalue weighted by molar-refractivity contribution is 5.30. The smallest absolute Gasteiger partial charge is 0.119 e. The summed E-state index contributed by atoms with van der Waals surface area (Å²) in [5.41, 5.74) is 4.81. The third-order valence-corrected chi connectivity index (χ3v) is 3.84. The topological polar surface area (TPSA) is 39.1 Å². The van der Waals surface area contributed by atoms with Crippen molar-refractivity contribution in [1.82, 2.24) is 15.1 Å². The number of nitrogens with one attached hydrogen (secondary N) is 1. The molecule has 0 bridgehead atoms. The highest BCUT2D eigenvalue weighted by Crippen LogP contribution is 2.20. The number of aromatic nitrogens is 2. The monoisotopic (exact) mass is 273 g/mol. The van der Waals surface area contributed by atoms with Gasteiger partial charge in [-0.1, -0.05) is 12.1 Å². The quantitative estimate of drug-likeness (QED) is 0.910. The molecule has 1 N–H and O–H groups in total. The Labute approximate surface area is 120 Å². The molecule has 1 atom stereocenters. The van der Waals surface area contributed by atoms with Crippen molar-refractivity contribution >= 4 is 0 Å². The van der Waals surface area contributed by atoms with Crippen LogP contribution in [0.4, 0.5) is 0 Å². The van der Waals surface area contributed by atoms with Gasteiger partial charge in [0.15, 0.2) is 0 Å². The number of hydrogen-bond donors (Lipinski definition) is 1. The van der Waals surface area contributed by atoms with Crippen LogP contribution in [0.25, 0.3) is 0 Å². The minimum absolute atomic E-state index is 0.268. The first-order valence-corrected chi connectivity index (χ1v) is 6.89. The Morgan fingerprint density at radius 2 is 2.10 bits per heavy atom. The van der Waals surface area contributed by atoms with Crippen molar-refractivity contribution in [1.29, 1.82) is 0 Å². The number of rotatable bonds is 5. The summed E-state index contributed by atoms with van der Waals surface area (Å²) in [5, 5.41) is 8.00. The van der Waals surface area contributed by atoms with Crippen molar-refractivity contribution in [3.63, 3.8) is 0 Å². The maximum Gasteiger partial charge on any atom is 0.119 e. The van der Waals surface area contributed by atoms with E-state index in [2.05, 4.69) is 43.3 Å². The molecule has 0 saturated carbocycles. The molecular weight excluding hydrogens is 250 g/mol. The van der Waals surface area contributed by atoms with Crippen LogP contribution >= 0.6 is 0 Å². The first-order chi connectivity index (χ1) is 9.52. The minimum atomic E-state index is 0.268. The maximum absolute atomic E-state index is 5.27. The van der Waals surface area contributed by atoms with Gasteiger partial charge in [-0.2, -0.15) is 5.10 Å². The van der Waals surface area contributed by atoms with Crippen LogP contribution in [0.3, 0.4) is 0 Å². The lowest BCUT2D eigenvalue weighted by Crippen LogP contribution is -2.19. The van der Waals surface area contributed by atoms with E-state index in [4.69, 9.17) is 4.74 Å². The van der Waals surface area contributed by atoms with E-state index >= 15 is 0 Å². The van der Waals surface area contributed by atoms with Crippen molar-refractivity contribution in [3.05, 3.63) is 46.8 Å². The number of benzene rings is 1. The molecule has 0 aliphatic heterocycles. The summed E-state index contributed by atoms with van der Waals surface area (Å²) in [6, 6.07) is 8.44. The van der Waals surface area contributed by atoms with Gasteiger partial charge >= 0.3 is 0 Å². The summed E-state index contributed by atoms with van der Waals surface area (Å²) in [5.74, 6) is 0.893. The zero-order valence-corrected chi connectivity index (χ0v) is 12.9. The first kappa shape index (κ1) is 14.6. The largest absolute Gasteiger partial charge is 0.497 e. The number of ether oxygens (including phenoxy) is 1. The summed E-state index contributed by atoms with van der Waals surface area (Å²) in [6.45, 7) is 7.15. The lowest BCUT2D eigenvalue weighted by Gasteiger charge is -2.15. The van der Waals surface area contributed by atoms with Crippen LogP contribution in [-0.2, 0) is 13.6 Å². The molecular formula is C16H23N3O. The second-order valence-corrected chi connectivity index (χ2v) is 5.15. The third-order valence-electron chi connectivity index (χ3n) is 3.84. The fourth-order valence-corrected chi connectivity index (χ4v) is 2.36. The fourth-order valence-electron chi connectivity index (χ4n) is 2.36. The SMILES string of the molecule is COc1cccc([C@H](C)NCc2c(C)nn(C)c2C)c1. The summed E-state index contributed by atoms with van der Waals surface area (Å²) >= 11 is 0. The number of methoxy groups -OCH3 is 1. The maximum atomic E-state index is 5.27. The molecule has 1 heterocycles. The van der Waals surface area contributed by atoms with Crippen molar-refractivity contribution in [2.75, 3.05) is 7.11 Å². The lowest BCUT2D eigenvalue weighted by molar-refractivity contribution is 0.413. The summed E-state index contributed by atoms with van der Waals surface area (Å²) in [4.78, 5) is 0. The van der Waals surface area contributed by atoms with E-state index in [1.165, 1.54) is 16.8 Å². The van der Waals surface area contributed by atoms with Crippen LogP contribution in [0.5, 0.6) is 5.75 Å². The second-order valence-electron chi connectivity index (χ2n) is 5.15. The summed E-state index contributed by atoms with van der Waals surface area (Å²) in [7, 11) is 3.68. The molecule has 4 nitrogen and oxygen atoms in total. The fraction of sp³-hybridized carbons (Fsp3) is 0.438. The van der Waals surface area contributed by atoms with Crippen molar-refractivity contribution in [3.8, 4) is 5.75 Å². The van der Waals surface area contributed by atoms with Crippen LogP contribution < -0.4 is 10.1 Å². The molecule has 0 unspecified atom stereocenters. The van der Waals surface area contributed by atoms with E-state index in [1.54, 1.807) is 7.11 Å². The molecule has 0 saturated heterocycles. The lowest BCUT2D eigenvalue weighted by atomic mass is 10.1. The molecule has 1 aromatic heterocycles. The molecule has 0 aliphatic carbocycles. The van der Waals surface area contributed by atoms with Crippen LogP contribution in [0.15, 0.2) is 24.3 Å². The molecule has 1 aromatic carbocycles. The second kappa shape index (κ2) is 6.09. The van der Waals surface area contributed by atoms with E-state index in [0.717, 1.165) is 18.0 Å². The third kappa shape index (κ3) is 3.02. The van der Waals surface area contributed by atoms with Gasteiger partial charge in [0.1, 0.15) is 5.75 Å². The molecule has 4 heteroatoms. The van der Waals surface area contributed by atoms with Gasteiger partial charge < -0.3 is 10.1 Å². The van der Waals surface area contributed by atoms with E-state index in [-0.39, 0.29) is 6.04 Å². The van der Waals surface area contributed by atoms with Crippen LogP contribution in [-0.4, -0.2) is 16.9 Å². The van der Waals surface area contributed by atoms with E-state index in [0.29, 0.717) is 0 Å². The Bertz CT molecular complexity index is 589. The Kier molecular flexibility index (Phi) is 4.45. The number of nitrogens with zero attached hydrogens (tertiary/aromatic N) is 2. The first-order valence-electron chi connectivity index (χ1n) is 6.89. The number of aryl methyl sites for hydroxylation is 2. The molecule has 2 aromatic rings. The molecule has 0 amide bonds. The molecule has 0 spiro atoms. The van der Waals surface area contributed by atoms with Crippen LogP contribution in [0.2, 0.25) is 0 Å². The Hall–Kier alpha value is -1.81. The average Bonchev–Trinajstić information content (AvgIpc) is 2.70. The zero-order chi connectivity index (χ0) is 14.7. The highest BCUT2D eigenvalue weighted by atomic mass is 16.5. The molecule has 0 aliphatic rings. The molecule has 0 fully saturated rings. The van der Waals surface area contributed by atoms with E-state index in [9.17, 15) is 0 Å². The van der Waals surface area contributed by atoms with E-state index < -0.39 is 0 Å². The average molecular weight is 273 g/mol. The van der Waals surface area contributed by atoms with Crippen molar-refractivity contribution in [2.24, 2.45) is 7.05 Å². The normalized spacial score (nSPS) is 12.4. The summed E-state index contributed by atoms with van der Waals surface area (Å²) in [6.07, 6.45) is 0. The van der Waals surface area contributed by atoms with Crippen molar-refractivity contribution in [2.45, 2.75) is 33.4 Å².